The highest BCUT2D eigenvalue weighted by Crippen LogP contribution is 2.21. The molecule has 0 aromatic heterocycles. The molecule has 0 aliphatic rings. The van der Waals surface area contributed by atoms with Crippen LogP contribution in [0.15, 0.2) is 58.3 Å². The fourth-order valence-electron chi connectivity index (χ4n) is 2.69. The SMILES string of the molecule is CCN(CC)S(=O)(=O)c1ccc(C(C)NC(=O)CSc2ccc(F)cc2)cc1. The van der Waals surface area contributed by atoms with E-state index in [2.05, 4.69) is 5.32 Å². The molecule has 0 spiro atoms. The summed E-state index contributed by atoms with van der Waals surface area (Å²) < 4.78 is 39.4. The van der Waals surface area contributed by atoms with E-state index < -0.39 is 10.0 Å². The van der Waals surface area contributed by atoms with Crippen LogP contribution in [0.2, 0.25) is 0 Å². The van der Waals surface area contributed by atoms with Crippen molar-refractivity contribution in [2.45, 2.75) is 36.6 Å². The van der Waals surface area contributed by atoms with Gasteiger partial charge in [0.05, 0.1) is 16.7 Å². The number of hydrogen-bond acceptors (Lipinski definition) is 4. The van der Waals surface area contributed by atoms with Gasteiger partial charge in [0.2, 0.25) is 15.9 Å². The summed E-state index contributed by atoms with van der Waals surface area (Å²) in [5, 5.41) is 2.89. The third kappa shape index (κ3) is 5.80. The van der Waals surface area contributed by atoms with Crippen LogP contribution in [0, 0.1) is 5.82 Å². The van der Waals surface area contributed by atoms with E-state index in [4.69, 9.17) is 0 Å². The van der Waals surface area contributed by atoms with E-state index in [1.165, 1.54) is 28.2 Å². The average Bonchev–Trinajstić information content (AvgIpc) is 2.68. The van der Waals surface area contributed by atoms with Crippen LogP contribution in [0.3, 0.4) is 0 Å². The topological polar surface area (TPSA) is 66.5 Å². The molecular weight excluding hydrogens is 399 g/mol. The van der Waals surface area contributed by atoms with E-state index in [1.807, 2.05) is 6.92 Å². The first-order chi connectivity index (χ1) is 13.3. The number of nitrogens with zero attached hydrogens (tertiary/aromatic N) is 1. The maximum Gasteiger partial charge on any atom is 0.243 e. The lowest BCUT2D eigenvalue weighted by Crippen LogP contribution is -2.30. The third-order valence-electron chi connectivity index (χ3n) is 4.28. The van der Waals surface area contributed by atoms with Crippen molar-refractivity contribution in [3.05, 3.63) is 59.9 Å². The van der Waals surface area contributed by atoms with Crippen LogP contribution in [0.5, 0.6) is 0 Å². The summed E-state index contributed by atoms with van der Waals surface area (Å²) in [6.07, 6.45) is 0. The van der Waals surface area contributed by atoms with Crippen LogP contribution >= 0.6 is 11.8 Å². The molecule has 0 heterocycles. The standard InChI is InChI=1S/C20H25FN2O3S2/c1-4-23(5-2)28(25,26)19-12-6-16(7-13-19)15(3)22-20(24)14-27-18-10-8-17(21)9-11-18/h6-13,15H,4-5,14H2,1-3H3,(H,22,24). The summed E-state index contributed by atoms with van der Waals surface area (Å²) in [6, 6.07) is 12.3. The Morgan fingerprint density at radius 3 is 2.18 bits per heavy atom. The molecular formula is C20H25FN2O3S2. The number of thioether (sulfide) groups is 1. The number of carbonyl (C=O) groups is 1. The highest BCUT2D eigenvalue weighted by Gasteiger charge is 2.21. The zero-order valence-electron chi connectivity index (χ0n) is 16.2. The molecule has 28 heavy (non-hydrogen) atoms. The molecule has 2 rings (SSSR count). The monoisotopic (exact) mass is 424 g/mol. The zero-order chi connectivity index (χ0) is 20.7. The maximum atomic E-state index is 12.9. The molecule has 0 fully saturated rings. The first kappa shape index (κ1) is 22.4. The van der Waals surface area contributed by atoms with E-state index in [0.29, 0.717) is 13.1 Å². The Balaban J connectivity index is 1.95. The van der Waals surface area contributed by atoms with Crippen molar-refractivity contribution in [1.29, 1.82) is 0 Å². The predicted molar refractivity (Wildman–Crippen MR) is 110 cm³/mol. The molecule has 0 saturated heterocycles. The Bertz CT molecular complexity index is 881. The lowest BCUT2D eigenvalue weighted by Gasteiger charge is -2.19. The fraction of sp³-hybridized carbons (Fsp3) is 0.350. The second kappa shape index (κ2) is 10.0. The van der Waals surface area contributed by atoms with Crippen LogP contribution in [0.25, 0.3) is 0 Å². The Morgan fingerprint density at radius 2 is 1.64 bits per heavy atom. The van der Waals surface area contributed by atoms with Gasteiger partial charge in [-0.3, -0.25) is 4.79 Å². The number of halogens is 1. The molecule has 1 N–H and O–H groups in total. The number of hydrogen-bond donors (Lipinski definition) is 1. The molecule has 152 valence electrons. The minimum absolute atomic E-state index is 0.151. The summed E-state index contributed by atoms with van der Waals surface area (Å²) in [7, 11) is -3.49. The second-order valence-corrected chi connectivity index (χ2v) is 9.18. The van der Waals surface area contributed by atoms with E-state index in [9.17, 15) is 17.6 Å². The van der Waals surface area contributed by atoms with Crippen molar-refractivity contribution < 1.29 is 17.6 Å². The largest absolute Gasteiger partial charge is 0.349 e. The van der Waals surface area contributed by atoms with Gasteiger partial charge >= 0.3 is 0 Å². The van der Waals surface area contributed by atoms with Gasteiger partial charge in [0.1, 0.15) is 5.82 Å². The van der Waals surface area contributed by atoms with Gasteiger partial charge in [-0.25, -0.2) is 12.8 Å². The Kier molecular flexibility index (Phi) is 8.03. The first-order valence-electron chi connectivity index (χ1n) is 9.05. The van der Waals surface area contributed by atoms with Gasteiger partial charge in [-0.2, -0.15) is 4.31 Å². The normalized spacial score (nSPS) is 12.8. The second-order valence-electron chi connectivity index (χ2n) is 6.19. The predicted octanol–water partition coefficient (Wildman–Crippen LogP) is 3.83. The van der Waals surface area contributed by atoms with Crippen molar-refractivity contribution in [2.24, 2.45) is 0 Å². The molecule has 2 aromatic rings. The molecule has 1 atom stereocenters. The summed E-state index contributed by atoms with van der Waals surface area (Å²) >= 11 is 1.32. The number of sulfonamides is 1. The van der Waals surface area contributed by atoms with Gasteiger partial charge in [-0.15, -0.1) is 11.8 Å². The number of nitrogens with one attached hydrogen (secondary N) is 1. The van der Waals surface area contributed by atoms with Gasteiger partial charge < -0.3 is 5.32 Å². The molecule has 8 heteroatoms. The summed E-state index contributed by atoms with van der Waals surface area (Å²) in [4.78, 5) is 13.2. The fourth-order valence-corrected chi connectivity index (χ4v) is 4.85. The number of amides is 1. The highest BCUT2D eigenvalue weighted by molar-refractivity contribution is 8.00. The summed E-state index contributed by atoms with van der Waals surface area (Å²) in [6.45, 7) is 6.28. The van der Waals surface area contributed by atoms with E-state index >= 15 is 0 Å². The molecule has 1 amide bonds. The van der Waals surface area contributed by atoms with Crippen molar-refractivity contribution >= 4 is 27.7 Å². The lowest BCUT2D eigenvalue weighted by molar-refractivity contribution is -0.119. The molecule has 5 nitrogen and oxygen atoms in total. The van der Waals surface area contributed by atoms with E-state index in [-0.39, 0.29) is 28.4 Å². The smallest absolute Gasteiger partial charge is 0.243 e. The first-order valence-corrected chi connectivity index (χ1v) is 11.5. The molecule has 0 aliphatic carbocycles. The number of rotatable bonds is 9. The van der Waals surface area contributed by atoms with Crippen LogP contribution in [-0.4, -0.2) is 37.5 Å². The molecule has 0 saturated carbocycles. The van der Waals surface area contributed by atoms with Gasteiger partial charge in [0.15, 0.2) is 0 Å². The Morgan fingerprint density at radius 1 is 1.07 bits per heavy atom. The minimum Gasteiger partial charge on any atom is -0.349 e. The molecule has 0 radical (unpaired) electrons. The molecule has 2 aromatic carbocycles. The van der Waals surface area contributed by atoms with Gasteiger partial charge in [-0.05, 0) is 48.9 Å². The molecule has 0 bridgehead atoms. The maximum absolute atomic E-state index is 12.9. The summed E-state index contributed by atoms with van der Waals surface area (Å²) in [5.41, 5.74) is 0.818. The van der Waals surface area contributed by atoms with Gasteiger partial charge in [0.25, 0.3) is 0 Å². The van der Waals surface area contributed by atoms with Crippen LogP contribution in [0.1, 0.15) is 32.4 Å². The van der Waals surface area contributed by atoms with Gasteiger partial charge in [0, 0.05) is 18.0 Å². The Hall–Kier alpha value is -1.90. The Labute approximate surface area is 170 Å². The lowest BCUT2D eigenvalue weighted by atomic mass is 10.1. The van der Waals surface area contributed by atoms with Crippen molar-refractivity contribution in [1.82, 2.24) is 9.62 Å². The van der Waals surface area contributed by atoms with Crippen molar-refractivity contribution in [2.75, 3.05) is 18.8 Å². The number of carbonyl (C=O) groups excluding carboxylic acids is 1. The van der Waals surface area contributed by atoms with E-state index in [1.54, 1.807) is 50.2 Å². The third-order valence-corrected chi connectivity index (χ3v) is 7.36. The van der Waals surface area contributed by atoms with Crippen LogP contribution in [0.4, 0.5) is 4.39 Å². The average molecular weight is 425 g/mol. The highest BCUT2D eigenvalue weighted by atomic mass is 32.2. The zero-order valence-corrected chi connectivity index (χ0v) is 17.8. The number of benzene rings is 2. The quantitative estimate of drug-likeness (QED) is 0.622. The van der Waals surface area contributed by atoms with Crippen LogP contribution in [-0.2, 0) is 14.8 Å². The summed E-state index contributed by atoms with van der Waals surface area (Å²) in [5.74, 6) is -0.250. The van der Waals surface area contributed by atoms with Gasteiger partial charge in [-0.1, -0.05) is 26.0 Å². The van der Waals surface area contributed by atoms with Crippen molar-refractivity contribution in [3.8, 4) is 0 Å². The van der Waals surface area contributed by atoms with Crippen LogP contribution < -0.4 is 5.32 Å². The molecule has 1 unspecified atom stereocenters. The molecule has 0 aliphatic heterocycles. The minimum atomic E-state index is -3.49. The van der Waals surface area contributed by atoms with E-state index in [0.717, 1.165) is 10.5 Å². The van der Waals surface area contributed by atoms with Crippen molar-refractivity contribution in [3.63, 3.8) is 0 Å².